The summed E-state index contributed by atoms with van der Waals surface area (Å²) in [6.45, 7) is 0. The normalized spacial score (nSPS) is 10.5. The van der Waals surface area contributed by atoms with E-state index in [2.05, 4.69) is 17.6 Å². The molecule has 1 heterocycles. The predicted molar refractivity (Wildman–Crippen MR) is 41.8 cm³/mol. The number of benzene rings is 1. The summed E-state index contributed by atoms with van der Waals surface area (Å²) in [5, 5.41) is 0. The molecule has 2 heteroatoms. The van der Waals surface area contributed by atoms with Crippen molar-refractivity contribution in [2.75, 3.05) is 0 Å². The zero-order valence-electron chi connectivity index (χ0n) is 5.66. The van der Waals surface area contributed by atoms with Crippen LogP contribution in [0, 0.1) is 5.51 Å². The maximum atomic E-state index is 3.13. The van der Waals surface area contributed by atoms with Gasteiger partial charge in [-0.15, -0.1) is 0 Å². The standard InChI is InChI=1S/C8H7NS/c1-9-6-10-8-5-3-2-4-7(8)9/h2-5H,1H3/q+1. The van der Waals surface area contributed by atoms with Crippen LogP contribution in [0.1, 0.15) is 0 Å². The number of nitrogens with zero attached hydrogens (tertiary/aromatic N) is 1. The lowest BCUT2D eigenvalue weighted by molar-refractivity contribution is -0.644. The van der Waals surface area contributed by atoms with Gasteiger partial charge in [0.2, 0.25) is 5.52 Å². The molecule has 0 aliphatic carbocycles. The van der Waals surface area contributed by atoms with Crippen LogP contribution in [-0.2, 0) is 7.05 Å². The number of hydrogen-bond acceptors (Lipinski definition) is 1. The largest absolute Gasteiger partial charge is 0.346 e. The second kappa shape index (κ2) is 2.06. The molecule has 10 heavy (non-hydrogen) atoms. The molecule has 0 aliphatic heterocycles. The van der Waals surface area contributed by atoms with Gasteiger partial charge in [-0.05, 0) is 6.07 Å². The molecule has 1 aromatic carbocycles. The summed E-state index contributed by atoms with van der Waals surface area (Å²) in [4.78, 5) is 0. The molecule has 0 bridgehead atoms. The molecule has 49 valence electrons. The van der Waals surface area contributed by atoms with Crippen LogP contribution in [0.2, 0.25) is 0 Å². The molecule has 1 aromatic heterocycles. The highest BCUT2D eigenvalue weighted by Gasteiger charge is 2.05. The second-order valence-electron chi connectivity index (χ2n) is 2.22. The Balaban J connectivity index is 2.93. The quantitative estimate of drug-likeness (QED) is 0.500. The lowest BCUT2D eigenvalue weighted by atomic mass is 10.3. The van der Waals surface area contributed by atoms with Crippen LogP contribution >= 0.6 is 11.3 Å². The Morgan fingerprint density at radius 1 is 1.40 bits per heavy atom. The maximum Gasteiger partial charge on any atom is 0.346 e. The molecule has 0 atom stereocenters. The molecule has 0 saturated carbocycles. The van der Waals surface area contributed by atoms with Gasteiger partial charge in [0, 0.05) is 6.07 Å². The molecule has 1 radical (unpaired) electrons. The molecule has 0 unspecified atom stereocenters. The van der Waals surface area contributed by atoms with Crippen molar-refractivity contribution in [1.29, 1.82) is 0 Å². The molecular formula is C8H7NS+. The first kappa shape index (κ1) is 5.86. The van der Waals surface area contributed by atoms with Crippen LogP contribution in [0.15, 0.2) is 24.3 Å². The monoisotopic (exact) mass is 149 g/mol. The lowest BCUT2D eigenvalue weighted by Gasteiger charge is -1.80. The molecule has 0 aliphatic rings. The molecule has 2 rings (SSSR count). The Labute approximate surface area is 63.5 Å². The third-order valence-electron chi connectivity index (χ3n) is 1.52. The van der Waals surface area contributed by atoms with E-state index in [9.17, 15) is 0 Å². The highest BCUT2D eigenvalue weighted by Crippen LogP contribution is 2.13. The van der Waals surface area contributed by atoms with E-state index >= 15 is 0 Å². The first-order chi connectivity index (χ1) is 4.88. The van der Waals surface area contributed by atoms with Crippen LogP contribution in [0.25, 0.3) is 10.2 Å². The van der Waals surface area contributed by atoms with Crippen molar-refractivity contribution in [1.82, 2.24) is 0 Å². The summed E-state index contributed by atoms with van der Waals surface area (Å²) in [6, 6.07) is 8.30. The first-order valence-electron chi connectivity index (χ1n) is 3.13. The van der Waals surface area contributed by atoms with E-state index in [0.29, 0.717) is 0 Å². The Bertz CT molecular complexity index is 351. The predicted octanol–water partition coefficient (Wildman–Crippen LogP) is 1.53. The van der Waals surface area contributed by atoms with E-state index in [-0.39, 0.29) is 0 Å². The SMILES string of the molecule is C[n+]1[c]sc2ccccc21. The average Bonchev–Trinajstić information content (AvgIpc) is 2.34. The van der Waals surface area contributed by atoms with Gasteiger partial charge < -0.3 is 0 Å². The van der Waals surface area contributed by atoms with Gasteiger partial charge in [0.1, 0.15) is 11.7 Å². The van der Waals surface area contributed by atoms with E-state index in [4.69, 9.17) is 0 Å². The fourth-order valence-electron chi connectivity index (χ4n) is 0.987. The van der Waals surface area contributed by atoms with Crippen LogP contribution in [-0.4, -0.2) is 0 Å². The molecule has 0 amide bonds. The van der Waals surface area contributed by atoms with Crippen LogP contribution < -0.4 is 4.57 Å². The van der Waals surface area contributed by atoms with Crippen LogP contribution in [0.3, 0.4) is 0 Å². The number of hydrogen-bond donors (Lipinski definition) is 0. The van der Waals surface area contributed by atoms with Crippen molar-refractivity contribution in [2.45, 2.75) is 0 Å². The lowest BCUT2D eigenvalue weighted by Crippen LogP contribution is -2.24. The maximum absolute atomic E-state index is 3.13. The highest BCUT2D eigenvalue weighted by molar-refractivity contribution is 7.15. The Morgan fingerprint density at radius 2 is 2.20 bits per heavy atom. The third kappa shape index (κ3) is 0.727. The van der Waals surface area contributed by atoms with Gasteiger partial charge in [0.15, 0.2) is 0 Å². The summed E-state index contributed by atoms with van der Waals surface area (Å²) in [5.41, 5.74) is 4.39. The minimum Gasteiger partial charge on any atom is -0.178 e. The topological polar surface area (TPSA) is 3.88 Å². The van der Waals surface area contributed by atoms with E-state index in [1.54, 1.807) is 11.3 Å². The number of fused-ring (bicyclic) bond motifs is 1. The number of aromatic nitrogens is 1. The fraction of sp³-hybridized carbons (Fsp3) is 0.125. The fourth-order valence-corrected chi connectivity index (χ4v) is 1.78. The van der Waals surface area contributed by atoms with Gasteiger partial charge in [-0.3, -0.25) is 0 Å². The van der Waals surface area contributed by atoms with E-state index < -0.39 is 0 Å². The number of aryl methyl sites for hydroxylation is 1. The molecule has 1 nitrogen and oxygen atoms in total. The highest BCUT2D eigenvalue weighted by atomic mass is 32.1. The van der Waals surface area contributed by atoms with Crippen molar-refractivity contribution in [3.05, 3.63) is 29.8 Å². The van der Waals surface area contributed by atoms with E-state index in [0.717, 1.165) is 0 Å². The molecule has 0 saturated heterocycles. The summed E-state index contributed by atoms with van der Waals surface area (Å²) in [5.74, 6) is 0. The summed E-state index contributed by atoms with van der Waals surface area (Å²) < 4.78 is 3.31. The summed E-state index contributed by atoms with van der Waals surface area (Å²) in [7, 11) is 2.01. The first-order valence-corrected chi connectivity index (χ1v) is 3.95. The summed E-state index contributed by atoms with van der Waals surface area (Å²) >= 11 is 1.65. The van der Waals surface area contributed by atoms with Crippen molar-refractivity contribution in [2.24, 2.45) is 7.05 Å². The number of rotatable bonds is 0. The Hall–Kier alpha value is -0.890. The average molecular weight is 149 g/mol. The van der Waals surface area contributed by atoms with Crippen molar-refractivity contribution >= 4 is 21.6 Å². The smallest absolute Gasteiger partial charge is 0.178 e. The second-order valence-corrected chi connectivity index (χ2v) is 3.05. The molecule has 0 spiro atoms. The minimum absolute atomic E-state index is 1.26. The molecular weight excluding hydrogens is 142 g/mol. The summed E-state index contributed by atoms with van der Waals surface area (Å²) in [6.07, 6.45) is 0. The molecule has 0 fully saturated rings. The zero-order chi connectivity index (χ0) is 6.97. The van der Waals surface area contributed by atoms with Crippen molar-refractivity contribution < 1.29 is 4.57 Å². The van der Waals surface area contributed by atoms with Crippen molar-refractivity contribution in [3.63, 3.8) is 0 Å². The van der Waals surface area contributed by atoms with E-state index in [1.165, 1.54) is 10.2 Å². The number of para-hydroxylation sites is 1. The molecule has 0 N–H and O–H groups in total. The van der Waals surface area contributed by atoms with E-state index in [1.807, 2.05) is 23.7 Å². The van der Waals surface area contributed by atoms with Gasteiger partial charge in [-0.2, -0.15) is 4.57 Å². The number of thiazole rings is 1. The van der Waals surface area contributed by atoms with Crippen molar-refractivity contribution in [3.8, 4) is 0 Å². The van der Waals surface area contributed by atoms with Crippen LogP contribution in [0.5, 0.6) is 0 Å². The third-order valence-corrected chi connectivity index (χ3v) is 2.45. The van der Waals surface area contributed by atoms with Gasteiger partial charge >= 0.3 is 5.51 Å². The van der Waals surface area contributed by atoms with Gasteiger partial charge in [0.05, 0.1) is 0 Å². The Kier molecular flexibility index (Phi) is 1.21. The van der Waals surface area contributed by atoms with Crippen LogP contribution in [0.4, 0.5) is 0 Å². The zero-order valence-corrected chi connectivity index (χ0v) is 6.48. The minimum atomic E-state index is 1.26. The molecule has 2 aromatic rings. The van der Waals surface area contributed by atoms with Gasteiger partial charge in [0.25, 0.3) is 0 Å². The van der Waals surface area contributed by atoms with Gasteiger partial charge in [-0.25, -0.2) is 0 Å². The van der Waals surface area contributed by atoms with Gasteiger partial charge in [-0.1, -0.05) is 23.5 Å². The Morgan fingerprint density at radius 3 is 3.00 bits per heavy atom.